The molecule has 0 spiro atoms. The smallest absolute Gasteiger partial charge is 0.411 e. The molecule has 0 aromatic heterocycles. The fourth-order valence-electron chi connectivity index (χ4n) is 2.33. The minimum atomic E-state index is -0.736. The second kappa shape index (κ2) is 13.8. The van der Waals surface area contributed by atoms with Gasteiger partial charge in [0.1, 0.15) is 23.7 Å². The number of benzene rings is 2. The van der Waals surface area contributed by atoms with Gasteiger partial charge in [-0.3, -0.25) is 5.32 Å². The van der Waals surface area contributed by atoms with E-state index in [0.717, 1.165) is 5.56 Å². The van der Waals surface area contributed by atoms with E-state index in [1.165, 1.54) is 26.4 Å². The number of nitrogens with one attached hydrogen (secondary N) is 1. The van der Waals surface area contributed by atoms with Crippen molar-refractivity contribution in [3.63, 3.8) is 0 Å². The maximum absolute atomic E-state index is 12.4. The topological polar surface area (TPSA) is 92.3 Å². The molecule has 0 aliphatic heterocycles. The number of methoxy groups -OCH3 is 2. The maximum atomic E-state index is 12.4. The predicted molar refractivity (Wildman–Crippen MR) is 113 cm³/mol. The molecule has 30 heavy (non-hydrogen) atoms. The van der Waals surface area contributed by atoms with Crippen LogP contribution < -0.4 is 14.8 Å². The number of carbonyl (C=O) groups excluding carboxylic acids is 2. The highest BCUT2D eigenvalue weighted by Crippen LogP contribution is 2.33. The van der Waals surface area contributed by atoms with Gasteiger partial charge in [0.2, 0.25) is 0 Å². The molecule has 164 valence electrons. The largest absolute Gasteiger partial charge is 0.497 e. The Bertz CT molecular complexity index is 794. The Morgan fingerprint density at radius 2 is 1.70 bits per heavy atom. The van der Waals surface area contributed by atoms with Crippen molar-refractivity contribution in [2.24, 2.45) is 0 Å². The normalized spacial score (nSPS) is 9.63. The van der Waals surface area contributed by atoms with E-state index in [-0.39, 0.29) is 37.0 Å². The molecule has 0 unspecified atom stereocenters. The molecule has 0 saturated carbocycles. The lowest BCUT2D eigenvalue weighted by Gasteiger charge is -2.16. The molecule has 0 saturated heterocycles. The molecular formula is C22H29NO7. The number of esters is 1. The summed E-state index contributed by atoms with van der Waals surface area (Å²) < 4.78 is 25.9. The first kappa shape index (κ1) is 24.8. The molecule has 0 atom stereocenters. The van der Waals surface area contributed by atoms with Gasteiger partial charge in [-0.1, -0.05) is 44.2 Å². The van der Waals surface area contributed by atoms with Crippen molar-refractivity contribution in [2.45, 2.75) is 27.4 Å². The first-order valence-corrected chi connectivity index (χ1v) is 9.57. The fourth-order valence-corrected chi connectivity index (χ4v) is 2.33. The number of hydrogen-bond donors (Lipinski definition) is 1. The molecule has 0 aliphatic rings. The van der Waals surface area contributed by atoms with Gasteiger partial charge >= 0.3 is 12.1 Å². The minimum Gasteiger partial charge on any atom is -0.497 e. The van der Waals surface area contributed by atoms with Crippen molar-refractivity contribution in [2.75, 3.05) is 32.9 Å². The van der Waals surface area contributed by atoms with Gasteiger partial charge in [-0.05, 0) is 12.5 Å². The van der Waals surface area contributed by atoms with E-state index in [4.69, 9.17) is 23.7 Å². The highest BCUT2D eigenvalue weighted by molar-refractivity contribution is 6.02. The highest BCUT2D eigenvalue weighted by Gasteiger charge is 2.23. The van der Waals surface area contributed by atoms with Gasteiger partial charge in [0.05, 0.1) is 19.4 Å². The zero-order chi connectivity index (χ0) is 22.4. The molecule has 1 amide bonds. The summed E-state index contributed by atoms with van der Waals surface area (Å²) in [6.45, 7) is 5.82. The van der Waals surface area contributed by atoms with Crippen LogP contribution in [0, 0.1) is 0 Å². The van der Waals surface area contributed by atoms with Crippen molar-refractivity contribution in [1.29, 1.82) is 0 Å². The first-order chi connectivity index (χ1) is 14.6. The van der Waals surface area contributed by atoms with Crippen molar-refractivity contribution >= 4 is 17.7 Å². The molecule has 0 bridgehead atoms. The van der Waals surface area contributed by atoms with E-state index in [9.17, 15) is 9.59 Å². The lowest BCUT2D eigenvalue weighted by molar-refractivity contribution is 0.0439. The Kier molecular flexibility index (Phi) is 11.4. The van der Waals surface area contributed by atoms with E-state index in [2.05, 4.69) is 5.32 Å². The Hall–Kier alpha value is -3.26. The molecule has 0 radical (unpaired) electrons. The SMILES string of the molecule is CC.CCOC(=O)c1c(NC(=O)OCc2ccccc2)cc(OC)cc1OCOC. The molecule has 8 heteroatoms. The lowest BCUT2D eigenvalue weighted by Crippen LogP contribution is -2.18. The van der Waals surface area contributed by atoms with Gasteiger partial charge in [0, 0.05) is 19.2 Å². The molecule has 8 nitrogen and oxygen atoms in total. The lowest BCUT2D eigenvalue weighted by atomic mass is 10.1. The minimum absolute atomic E-state index is 0.0383. The number of carbonyl (C=O) groups is 2. The van der Waals surface area contributed by atoms with Crippen molar-refractivity contribution in [3.8, 4) is 11.5 Å². The Labute approximate surface area is 177 Å². The zero-order valence-corrected chi connectivity index (χ0v) is 18.0. The van der Waals surface area contributed by atoms with E-state index in [1.807, 2.05) is 44.2 Å². The maximum Gasteiger partial charge on any atom is 0.411 e. The standard InChI is InChI=1S/C20H23NO7.C2H6/c1-4-26-19(22)18-16(10-15(25-3)11-17(18)28-13-24-2)21-20(23)27-12-14-8-6-5-7-9-14;1-2/h5-11H,4,12-13H2,1-3H3,(H,21,23);1-2H3. The van der Waals surface area contributed by atoms with Gasteiger partial charge < -0.3 is 23.7 Å². The number of anilines is 1. The average Bonchev–Trinajstić information content (AvgIpc) is 2.78. The van der Waals surface area contributed by atoms with E-state index < -0.39 is 12.1 Å². The van der Waals surface area contributed by atoms with Gasteiger partial charge in [-0.2, -0.15) is 0 Å². The zero-order valence-electron chi connectivity index (χ0n) is 18.0. The summed E-state index contributed by atoms with van der Waals surface area (Å²) in [5, 5.41) is 2.55. The third kappa shape index (κ3) is 7.63. The van der Waals surface area contributed by atoms with Crippen LogP contribution in [0.5, 0.6) is 11.5 Å². The highest BCUT2D eigenvalue weighted by atomic mass is 16.7. The van der Waals surface area contributed by atoms with Crippen molar-refractivity contribution in [3.05, 3.63) is 53.6 Å². The predicted octanol–water partition coefficient (Wildman–Crippen LogP) is 4.63. The number of hydrogen-bond acceptors (Lipinski definition) is 7. The van der Waals surface area contributed by atoms with Crippen molar-refractivity contribution in [1.82, 2.24) is 0 Å². The first-order valence-electron chi connectivity index (χ1n) is 9.57. The average molecular weight is 419 g/mol. The summed E-state index contributed by atoms with van der Waals surface area (Å²) in [4.78, 5) is 24.7. The summed E-state index contributed by atoms with van der Waals surface area (Å²) in [5.41, 5.74) is 1.01. The second-order valence-electron chi connectivity index (χ2n) is 5.51. The van der Waals surface area contributed by atoms with Crippen molar-refractivity contribution < 1.29 is 33.3 Å². The Balaban J connectivity index is 0.00000218. The van der Waals surface area contributed by atoms with Gasteiger partial charge in [-0.25, -0.2) is 9.59 Å². The van der Waals surface area contributed by atoms with Gasteiger partial charge in [0.15, 0.2) is 6.79 Å². The van der Waals surface area contributed by atoms with Crippen LogP contribution in [0.1, 0.15) is 36.7 Å². The number of ether oxygens (including phenoxy) is 5. The van der Waals surface area contributed by atoms with Crippen LogP contribution in [0.3, 0.4) is 0 Å². The monoisotopic (exact) mass is 419 g/mol. The summed E-state index contributed by atoms with van der Waals surface area (Å²) >= 11 is 0. The third-order valence-corrected chi connectivity index (χ3v) is 3.57. The summed E-state index contributed by atoms with van der Waals surface area (Å²) in [5.74, 6) is -0.134. The quantitative estimate of drug-likeness (QED) is 0.468. The molecule has 2 rings (SSSR count). The number of amides is 1. The summed E-state index contributed by atoms with van der Waals surface area (Å²) in [6, 6.07) is 12.2. The molecule has 0 heterocycles. The molecule has 0 aliphatic carbocycles. The number of rotatable bonds is 9. The van der Waals surface area contributed by atoms with Crippen LogP contribution in [0.2, 0.25) is 0 Å². The molecule has 2 aromatic carbocycles. The van der Waals surface area contributed by atoms with Crippen LogP contribution in [-0.2, 0) is 20.8 Å². The Morgan fingerprint density at radius 3 is 2.30 bits per heavy atom. The summed E-state index contributed by atoms with van der Waals surface area (Å²) in [6.07, 6.45) is -0.736. The van der Waals surface area contributed by atoms with Gasteiger partial charge in [-0.15, -0.1) is 0 Å². The molecular weight excluding hydrogens is 390 g/mol. The van der Waals surface area contributed by atoms with Crippen LogP contribution in [-0.4, -0.2) is 39.7 Å². The van der Waals surface area contributed by atoms with E-state index in [1.54, 1.807) is 6.92 Å². The van der Waals surface area contributed by atoms with E-state index in [0.29, 0.717) is 5.75 Å². The van der Waals surface area contributed by atoms with Crippen LogP contribution in [0.15, 0.2) is 42.5 Å². The van der Waals surface area contributed by atoms with Gasteiger partial charge in [0.25, 0.3) is 0 Å². The molecule has 0 fully saturated rings. The summed E-state index contributed by atoms with van der Waals surface area (Å²) in [7, 11) is 2.90. The fraction of sp³-hybridized carbons (Fsp3) is 0.364. The van der Waals surface area contributed by atoms with Crippen LogP contribution in [0.25, 0.3) is 0 Å². The van der Waals surface area contributed by atoms with E-state index >= 15 is 0 Å². The molecule has 2 aromatic rings. The Morgan fingerprint density at radius 1 is 1.00 bits per heavy atom. The van der Waals surface area contributed by atoms with Crippen LogP contribution in [0.4, 0.5) is 10.5 Å². The third-order valence-electron chi connectivity index (χ3n) is 3.57. The second-order valence-corrected chi connectivity index (χ2v) is 5.51. The van der Waals surface area contributed by atoms with Crippen LogP contribution >= 0.6 is 0 Å². The molecule has 1 N–H and O–H groups in total.